The fraction of sp³-hybridized carbons (Fsp3) is 0.333. The molecule has 0 atom stereocenters. The Balaban J connectivity index is 1.43. The molecule has 0 saturated carbocycles. The first-order valence-electron chi connectivity index (χ1n) is 11.6. The number of anilines is 2. The second-order valence-corrected chi connectivity index (χ2v) is 9.75. The van der Waals surface area contributed by atoms with Crippen LogP contribution in [0.15, 0.2) is 59.1 Å². The lowest BCUT2D eigenvalue weighted by Gasteiger charge is -2.36. The number of nitrogens with zero attached hydrogens (tertiary/aromatic N) is 2. The van der Waals surface area contributed by atoms with Crippen LogP contribution < -0.4 is 15.0 Å². The van der Waals surface area contributed by atoms with Crippen LogP contribution in [0.5, 0.6) is 5.75 Å². The average molecular weight is 524 g/mol. The molecule has 178 valence electrons. The SMILES string of the molecule is COc1c(C(=O)Nc2ccc(N3CCN(C(=O)CC(C)C)CC3)cc2)cc2ccccc2c1Br. The lowest BCUT2D eigenvalue weighted by Crippen LogP contribution is -2.49. The van der Waals surface area contributed by atoms with Gasteiger partial charge in [-0.15, -0.1) is 0 Å². The number of hydrogen-bond donors (Lipinski definition) is 1. The minimum Gasteiger partial charge on any atom is -0.495 e. The minimum absolute atomic E-state index is 0.228. The van der Waals surface area contributed by atoms with Crippen molar-refractivity contribution < 1.29 is 14.3 Å². The topological polar surface area (TPSA) is 61.9 Å². The van der Waals surface area contributed by atoms with Crippen molar-refractivity contribution in [2.24, 2.45) is 5.92 Å². The number of carbonyl (C=O) groups is 2. The highest BCUT2D eigenvalue weighted by Gasteiger charge is 2.22. The van der Waals surface area contributed by atoms with Crippen LogP contribution in [0.25, 0.3) is 10.8 Å². The second kappa shape index (κ2) is 10.5. The molecular formula is C27H30BrN3O3. The summed E-state index contributed by atoms with van der Waals surface area (Å²) in [5.41, 5.74) is 2.27. The van der Waals surface area contributed by atoms with E-state index in [2.05, 4.69) is 40.0 Å². The van der Waals surface area contributed by atoms with Gasteiger partial charge in [0.15, 0.2) is 0 Å². The van der Waals surface area contributed by atoms with Gasteiger partial charge in [-0.3, -0.25) is 9.59 Å². The van der Waals surface area contributed by atoms with E-state index in [1.165, 1.54) is 0 Å². The van der Waals surface area contributed by atoms with Crippen LogP contribution in [0.2, 0.25) is 0 Å². The Labute approximate surface area is 209 Å². The van der Waals surface area contributed by atoms with E-state index in [0.717, 1.165) is 47.1 Å². The lowest BCUT2D eigenvalue weighted by atomic mass is 10.0. The van der Waals surface area contributed by atoms with Crippen molar-refractivity contribution in [3.05, 3.63) is 64.6 Å². The summed E-state index contributed by atoms with van der Waals surface area (Å²) in [5, 5.41) is 4.94. The number of carbonyl (C=O) groups excluding carboxylic acids is 2. The molecule has 0 aromatic heterocycles. The van der Waals surface area contributed by atoms with E-state index in [9.17, 15) is 9.59 Å². The number of hydrogen-bond acceptors (Lipinski definition) is 4. The molecule has 4 rings (SSSR count). The number of fused-ring (bicyclic) bond motifs is 1. The summed E-state index contributed by atoms with van der Waals surface area (Å²) in [4.78, 5) is 29.6. The molecular weight excluding hydrogens is 494 g/mol. The van der Waals surface area contributed by atoms with Gasteiger partial charge in [-0.2, -0.15) is 0 Å². The molecule has 3 aromatic rings. The summed E-state index contributed by atoms with van der Waals surface area (Å²) < 4.78 is 6.31. The minimum atomic E-state index is -0.228. The van der Waals surface area contributed by atoms with Gasteiger partial charge in [-0.25, -0.2) is 0 Å². The Morgan fingerprint density at radius 2 is 1.71 bits per heavy atom. The van der Waals surface area contributed by atoms with Gasteiger partial charge in [0.25, 0.3) is 5.91 Å². The predicted molar refractivity (Wildman–Crippen MR) is 141 cm³/mol. The molecule has 1 heterocycles. The number of halogens is 1. The van der Waals surface area contributed by atoms with Crippen molar-refractivity contribution in [1.29, 1.82) is 0 Å². The van der Waals surface area contributed by atoms with Gasteiger partial charge >= 0.3 is 0 Å². The largest absolute Gasteiger partial charge is 0.495 e. The molecule has 0 aliphatic carbocycles. The Hall–Kier alpha value is -3.06. The van der Waals surface area contributed by atoms with Crippen LogP contribution in [0.4, 0.5) is 11.4 Å². The highest BCUT2D eigenvalue weighted by atomic mass is 79.9. The maximum Gasteiger partial charge on any atom is 0.259 e. The molecule has 34 heavy (non-hydrogen) atoms. The Morgan fingerprint density at radius 3 is 2.35 bits per heavy atom. The highest BCUT2D eigenvalue weighted by molar-refractivity contribution is 9.10. The summed E-state index contributed by atoms with van der Waals surface area (Å²) in [6.45, 7) is 7.23. The van der Waals surface area contributed by atoms with Crippen LogP contribution >= 0.6 is 15.9 Å². The molecule has 1 N–H and O–H groups in total. The Morgan fingerprint density at radius 1 is 1.03 bits per heavy atom. The van der Waals surface area contributed by atoms with Gasteiger partial charge in [0.2, 0.25) is 5.91 Å². The Kier molecular flexibility index (Phi) is 7.41. The zero-order valence-electron chi connectivity index (χ0n) is 19.8. The molecule has 0 spiro atoms. The molecule has 1 aliphatic rings. The number of piperazine rings is 1. The standard InChI is InChI=1S/C27H30BrN3O3/c1-18(2)16-24(32)31-14-12-30(13-15-31)21-10-8-20(9-11-21)29-27(33)23-17-19-6-4-5-7-22(19)25(28)26(23)34-3/h4-11,17-18H,12-16H2,1-3H3,(H,29,33). The quantitative estimate of drug-likeness (QED) is 0.459. The lowest BCUT2D eigenvalue weighted by molar-refractivity contribution is -0.132. The summed E-state index contributed by atoms with van der Waals surface area (Å²) in [6, 6.07) is 17.5. The maximum absolute atomic E-state index is 13.1. The number of benzene rings is 3. The predicted octanol–water partition coefficient (Wildman–Crippen LogP) is 5.56. The monoisotopic (exact) mass is 523 g/mol. The molecule has 6 nitrogen and oxygen atoms in total. The van der Waals surface area contributed by atoms with E-state index in [4.69, 9.17) is 4.74 Å². The van der Waals surface area contributed by atoms with Gasteiger partial charge in [0, 0.05) is 44.0 Å². The van der Waals surface area contributed by atoms with Gasteiger partial charge in [-0.1, -0.05) is 38.1 Å². The van der Waals surface area contributed by atoms with E-state index < -0.39 is 0 Å². The normalized spacial score (nSPS) is 13.9. The van der Waals surface area contributed by atoms with E-state index in [-0.39, 0.29) is 11.8 Å². The Bertz CT molecular complexity index is 1190. The first-order chi connectivity index (χ1) is 16.4. The first-order valence-corrected chi connectivity index (χ1v) is 12.4. The molecule has 1 aliphatic heterocycles. The fourth-order valence-corrected chi connectivity index (χ4v) is 5.04. The van der Waals surface area contributed by atoms with Gasteiger partial charge in [0.05, 0.1) is 17.1 Å². The molecule has 1 saturated heterocycles. The van der Waals surface area contributed by atoms with Crippen LogP contribution in [0.3, 0.4) is 0 Å². The van der Waals surface area contributed by atoms with Gasteiger partial charge in [0.1, 0.15) is 5.75 Å². The van der Waals surface area contributed by atoms with E-state index >= 15 is 0 Å². The van der Waals surface area contributed by atoms with E-state index in [1.54, 1.807) is 7.11 Å². The summed E-state index contributed by atoms with van der Waals surface area (Å²) in [6.07, 6.45) is 0.604. The van der Waals surface area contributed by atoms with Crippen molar-refractivity contribution in [2.75, 3.05) is 43.5 Å². The first kappa shape index (κ1) is 24.1. The van der Waals surface area contributed by atoms with E-state index in [1.807, 2.05) is 59.5 Å². The molecule has 7 heteroatoms. The molecule has 0 radical (unpaired) electrons. The zero-order valence-corrected chi connectivity index (χ0v) is 21.4. The van der Waals surface area contributed by atoms with Crippen LogP contribution in [0.1, 0.15) is 30.6 Å². The van der Waals surface area contributed by atoms with E-state index in [0.29, 0.717) is 29.3 Å². The van der Waals surface area contributed by atoms with Crippen molar-refractivity contribution in [2.45, 2.75) is 20.3 Å². The fourth-order valence-electron chi connectivity index (χ4n) is 4.30. The molecule has 2 amide bonds. The van der Waals surface area contributed by atoms with Crippen molar-refractivity contribution in [3.63, 3.8) is 0 Å². The number of ether oxygens (including phenoxy) is 1. The number of rotatable bonds is 6. The number of methoxy groups -OCH3 is 1. The zero-order chi connectivity index (χ0) is 24.2. The van der Waals surface area contributed by atoms with Crippen molar-refractivity contribution in [3.8, 4) is 5.75 Å². The van der Waals surface area contributed by atoms with Gasteiger partial charge in [-0.05, 0) is 63.0 Å². The van der Waals surface area contributed by atoms with Gasteiger partial charge < -0.3 is 19.9 Å². The third-order valence-electron chi connectivity index (χ3n) is 6.10. The molecule has 0 bridgehead atoms. The third kappa shape index (κ3) is 5.20. The molecule has 0 unspecified atom stereocenters. The van der Waals surface area contributed by atoms with Crippen LogP contribution in [0, 0.1) is 5.92 Å². The molecule has 3 aromatic carbocycles. The van der Waals surface area contributed by atoms with Crippen molar-refractivity contribution >= 4 is 49.9 Å². The second-order valence-electron chi connectivity index (χ2n) is 8.96. The summed E-state index contributed by atoms with van der Waals surface area (Å²) >= 11 is 3.59. The highest BCUT2D eigenvalue weighted by Crippen LogP contribution is 2.37. The summed E-state index contributed by atoms with van der Waals surface area (Å²) in [5.74, 6) is 0.901. The molecule has 1 fully saturated rings. The number of amides is 2. The average Bonchev–Trinajstić information content (AvgIpc) is 2.84. The number of nitrogens with one attached hydrogen (secondary N) is 1. The maximum atomic E-state index is 13.1. The smallest absolute Gasteiger partial charge is 0.259 e. The van der Waals surface area contributed by atoms with Crippen LogP contribution in [-0.2, 0) is 4.79 Å². The summed E-state index contributed by atoms with van der Waals surface area (Å²) in [7, 11) is 1.57. The van der Waals surface area contributed by atoms with Crippen LogP contribution in [-0.4, -0.2) is 50.0 Å². The van der Waals surface area contributed by atoms with Crippen molar-refractivity contribution in [1.82, 2.24) is 4.90 Å². The third-order valence-corrected chi connectivity index (χ3v) is 6.88.